The first-order chi connectivity index (χ1) is 13.2. The number of fused-ring (bicyclic) bond motifs is 1. The van der Waals surface area contributed by atoms with Crippen LogP contribution in [-0.4, -0.2) is 32.5 Å². The average molecular weight is 397 g/mol. The standard InChI is InChI=1S/C21H19NO5S/c1-14(20(23)16-9-11-19(12-10-16)22-28(2,25)26)27-21(24)18-8-7-15-5-3-4-6-17(15)13-18/h3-14,22H,1-2H3. The minimum atomic E-state index is -3.39. The number of esters is 1. The van der Waals surface area contributed by atoms with Gasteiger partial charge in [0.2, 0.25) is 15.8 Å². The van der Waals surface area contributed by atoms with Gasteiger partial charge in [-0.25, -0.2) is 13.2 Å². The second-order valence-electron chi connectivity index (χ2n) is 6.43. The summed E-state index contributed by atoms with van der Waals surface area (Å²) in [5.41, 5.74) is 1.03. The Balaban J connectivity index is 1.69. The third kappa shape index (κ3) is 4.75. The number of anilines is 1. The Kier molecular flexibility index (Phi) is 5.46. The molecule has 7 heteroatoms. The van der Waals surface area contributed by atoms with Crippen LogP contribution in [0.5, 0.6) is 0 Å². The number of Topliss-reactive ketones (excluding diaryl/α,β-unsaturated/α-hetero) is 1. The molecule has 0 fully saturated rings. The van der Waals surface area contributed by atoms with Gasteiger partial charge in [0.15, 0.2) is 6.10 Å². The minimum absolute atomic E-state index is 0.317. The quantitative estimate of drug-likeness (QED) is 0.507. The van der Waals surface area contributed by atoms with Crippen molar-refractivity contribution < 1.29 is 22.7 Å². The summed E-state index contributed by atoms with van der Waals surface area (Å²) in [4.78, 5) is 24.9. The lowest BCUT2D eigenvalue weighted by Crippen LogP contribution is -2.24. The lowest BCUT2D eigenvalue weighted by molar-refractivity contribution is 0.0319. The van der Waals surface area contributed by atoms with Crippen LogP contribution in [0, 0.1) is 0 Å². The van der Waals surface area contributed by atoms with Crippen molar-refractivity contribution in [2.24, 2.45) is 0 Å². The van der Waals surface area contributed by atoms with Gasteiger partial charge in [-0.3, -0.25) is 9.52 Å². The first kappa shape index (κ1) is 19.6. The molecule has 0 saturated carbocycles. The predicted molar refractivity (Wildman–Crippen MR) is 108 cm³/mol. The molecule has 0 aliphatic heterocycles. The molecule has 3 rings (SSSR count). The van der Waals surface area contributed by atoms with Crippen LogP contribution < -0.4 is 4.72 Å². The number of rotatable bonds is 6. The van der Waals surface area contributed by atoms with Crippen molar-refractivity contribution in [1.82, 2.24) is 0 Å². The summed E-state index contributed by atoms with van der Waals surface area (Å²) >= 11 is 0. The highest BCUT2D eigenvalue weighted by atomic mass is 32.2. The number of carbonyl (C=O) groups is 2. The van der Waals surface area contributed by atoms with E-state index < -0.39 is 22.1 Å². The van der Waals surface area contributed by atoms with Gasteiger partial charge in [-0.1, -0.05) is 30.3 Å². The van der Waals surface area contributed by atoms with Crippen LogP contribution in [0.15, 0.2) is 66.7 Å². The van der Waals surface area contributed by atoms with E-state index in [1.165, 1.54) is 31.2 Å². The highest BCUT2D eigenvalue weighted by molar-refractivity contribution is 7.92. The number of hydrogen-bond acceptors (Lipinski definition) is 5. The van der Waals surface area contributed by atoms with E-state index in [1.807, 2.05) is 30.3 Å². The molecule has 1 atom stereocenters. The molecule has 3 aromatic carbocycles. The zero-order valence-corrected chi connectivity index (χ0v) is 16.2. The van der Waals surface area contributed by atoms with E-state index in [-0.39, 0.29) is 5.78 Å². The first-order valence-corrected chi connectivity index (χ1v) is 10.4. The summed E-state index contributed by atoms with van der Waals surface area (Å²) in [6, 6.07) is 18.8. The molecule has 0 amide bonds. The van der Waals surface area contributed by atoms with Gasteiger partial charge >= 0.3 is 5.97 Å². The fourth-order valence-corrected chi connectivity index (χ4v) is 3.31. The Morgan fingerprint density at radius 1 is 0.893 bits per heavy atom. The van der Waals surface area contributed by atoms with Gasteiger partial charge in [-0.2, -0.15) is 0 Å². The number of carbonyl (C=O) groups excluding carboxylic acids is 2. The van der Waals surface area contributed by atoms with E-state index in [2.05, 4.69) is 4.72 Å². The largest absolute Gasteiger partial charge is 0.451 e. The summed E-state index contributed by atoms with van der Waals surface area (Å²) in [6.45, 7) is 1.50. The average Bonchev–Trinajstić information content (AvgIpc) is 2.66. The number of ketones is 1. The first-order valence-electron chi connectivity index (χ1n) is 8.55. The third-order valence-electron chi connectivity index (χ3n) is 4.11. The number of nitrogens with one attached hydrogen (secondary N) is 1. The summed E-state index contributed by atoms with van der Waals surface area (Å²) in [5.74, 6) is -0.956. The third-order valence-corrected chi connectivity index (χ3v) is 4.72. The van der Waals surface area contributed by atoms with Crippen LogP contribution in [0.25, 0.3) is 10.8 Å². The van der Waals surface area contributed by atoms with Crippen molar-refractivity contribution in [1.29, 1.82) is 0 Å². The monoisotopic (exact) mass is 397 g/mol. The number of sulfonamides is 1. The molecule has 0 heterocycles. The molecule has 0 aliphatic carbocycles. The fourth-order valence-electron chi connectivity index (χ4n) is 2.75. The molecule has 28 heavy (non-hydrogen) atoms. The summed E-state index contributed by atoms with van der Waals surface area (Å²) < 4.78 is 30.1. The molecule has 0 saturated heterocycles. The van der Waals surface area contributed by atoms with Gasteiger partial charge < -0.3 is 4.74 Å². The molecule has 1 unspecified atom stereocenters. The zero-order valence-electron chi connectivity index (χ0n) is 15.4. The van der Waals surface area contributed by atoms with Crippen LogP contribution in [0.2, 0.25) is 0 Å². The van der Waals surface area contributed by atoms with Gasteiger partial charge in [-0.05, 0) is 54.1 Å². The van der Waals surface area contributed by atoms with Crippen LogP contribution in [-0.2, 0) is 14.8 Å². The molecule has 0 aliphatic rings. The van der Waals surface area contributed by atoms with Crippen LogP contribution in [0.4, 0.5) is 5.69 Å². The van der Waals surface area contributed by atoms with Gasteiger partial charge in [0.05, 0.1) is 11.8 Å². The second-order valence-corrected chi connectivity index (χ2v) is 8.17. The van der Waals surface area contributed by atoms with Crippen LogP contribution >= 0.6 is 0 Å². The van der Waals surface area contributed by atoms with Crippen molar-refractivity contribution >= 4 is 38.2 Å². The molecular weight excluding hydrogens is 378 g/mol. The van der Waals surface area contributed by atoms with Crippen molar-refractivity contribution in [3.05, 3.63) is 77.9 Å². The van der Waals surface area contributed by atoms with Crippen LogP contribution in [0.1, 0.15) is 27.6 Å². The fraction of sp³-hybridized carbons (Fsp3) is 0.143. The smallest absolute Gasteiger partial charge is 0.338 e. The van der Waals surface area contributed by atoms with Crippen molar-refractivity contribution in [2.75, 3.05) is 11.0 Å². The highest BCUT2D eigenvalue weighted by Crippen LogP contribution is 2.18. The van der Waals surface area contributed by atoms with E-state index >= 15 is 0 Å². The molecule has 0 bridgehead atoms. The Bertz CT molecular complexity index is 1140. The maximum absolute atomic E-state index is 12.5. The molecule has 0 radical (unpaired) electrons. The van der Waals surface area contributed by atoms with E-state index in [0.717, 1.165) is 17.0 Å². The van der Waals surface area contributed by atoms with Gasteiger partial charge in [0.25, 0.3) is 0 Å². The van der Waals surface area contributed by atoms with E-state index in [1.54, 1.807) is 12.1 Å². The molecular formula is C21H19NO5S. The van der Waals surface area contributed by atoms with Crippen molar-refractivity contribution in [3.63, 3.8) is 0 Å². The normalized spacial score (nSPS) is 12.4. The van der Waals surface area contributed by atoms with Crippen molar-refractivity contribution in [2.45, 2.75) is 13.0 Å². The summed E-state index contributed by atoms with van der Waals surface area (Å²) in [6.07, 6.45) is 0.0630. The highest BCUT2D eigenvalue weighted by Gasteiger charge is 2.20. The molecule has 1 N–H and O–H groups in total. The van der Waals surface area contributed by atoms with E-state index in [0.29, 0.717) is 16.8 Å². The Hall–Kier alpha value is -3.19. The minimum Gasteiger partial charge on any atom is -0.451 e. The van der Waals surface area contributed by atoms with E-state index in [4.69, 9.17) is 4.74 Å². The molecule has 6 nitrogen and oxygen atoms in total. The van der Waals surface area contributed by atoms with E-state index in [9.17, 15) is 18.0 Å². The van der Waals surface area contributed by atoms with Crippen molar-refractivity contribution in [3.8, 4) is 0 Å². The van der Waals surface area contributed by atoms with Gasteiger partial charge in [0.1, 0.15) is 0 Å². The lowest BCUT2D eigenvalue weighted by Gasteiger charge is -2.13. The molecule has 0 aromatic heterocycles. The molecule has 3 aromatic rings. The van der Waals surface area contributed by atoms with Gasteiger partial charge in [0, 0.05) is 11.3 Å². The predicted octanol–water partition coefficient (Wildman–Crippen LogP) is 3.64. The van der Waals surface area contributed by atoms with Crippen LogP contribution in [0.3, 0.4) is 0 Å². The maximum atomic E-state index is 12.5. The number of ether oxygens (including phenoxy) is 1. The number of hydrogen-bond donors (Lipinski definition) is 1. The maximum Gasteiger partial charge on any atom is 0.338 e. The zero-order chi connectivity index (χ0) is 20.3. The molecule has 144 valence electrons. The Labute approximate surface area is 163 Å². The van der Waals surface area contributed by atoms with Gasteiger partial charge in [-0.15, -0.1) is 0 Å². The summed E-state index contributed by atoms with van der Waals surface area (Å²) in [7, 11) is -3.39. The Morgan fingerprint density at radius 2 is 1.50 bits per heavy atom. The summed E-state index contributed by atoms with van der Waals surface area (Å²) in [5, 5.41) is 1.91. The lowest BCUT2D eigenvalue weighted by atomic mass is 10.1. The SMILES string of the molecule is CC(OC(=O)c1ccc2ccccc2c1)C(=O)c1ccc(NS(C)(=O)=O)cc1. The topological polar surface area (TPSA) is 89.5 Å². The number of benzene rings is 3. The Morgan fingerprint density at radius 3 is 2.14 bits per heavy atom. The second kappa shape index (κ2) is 7.82. The molecule has 0 spiro atoms.